The molecule has 0 saturated carbocycles. The van der Waals surface area contributed by atoms with E-state index in [1.54, 1.807) is 0 Å². The Balaban J connectivity index is 1.58. The van der Waals surface area contributed by atoms with Crippen LogP contribution in [-0.2, 0) is 0 Å². The number of nitrogens with one attached hydrogen (secondary N) is 2. The van der Waals surface area contributed by atoms with Gasteiger partial charge in [-0.1, -0.05) is 18.2 Å². The van der Waals surface area contributed by atoms with Crippen molar-refractivity contribution in [1.29, 1.82) is 0 Å². The van der Waals surface area contributed by atoms with Gasteiger partial charge in [0.25, 0.3) is 0 Å². The molecule has 2 aliphatic heterocycles. The fraction of sp³-hybridized carbons (Fsp3) is 0.562. The average Bonchev–Trinajstić information content (AvgIpc) is 2.90. The summed E-state index contributed by atoms with van der Waals surface area (Å²) in [5.74, 6) is 0. The normalized spacial score (nSPS) is 21.1. The van der Waals surface area contributed by atoms with Crippen molar-refractivity contribution in [1.82, 2.24) is 10.2 Å². The van der Waals surface area contributed by atoms with E-state index in [-0.39, 0.29) is 6.03 Å². The third-order valence-electron chi connectivity index (χ3n) is 4.83. The van der Waals surface area contributed by atoms with Crippen LogP contribution >= 0.6 is 0 Å². The van der Waals surface area contributed by atoms with E-state index in [1.165, 1.54) is 6.42 Å². The Bertz CT molecular complexity index is 484. The molecule has 108 valence electrons. The molecule has 0 aromatic heterocycles. The maximum absolute atomic E-state index is 12.3. The van der Waals surface area contributed by atoms with Crippen molar-refractivity contribution in [3.63, 3.8) is 0 Å². The van der Waals surface area contributed by atoms with E-state index in [1.807, 2.05) is 36.1 Å². The molecular weight excluding hydrogens is 250 g/mol. The first-order valence-electron chi connectivity index (χ1n) is 7.51. The zero-order valence-electron chi connectivity index (χ0n) is 12.1. The van der Waals surface area contributed by atoms with Gasteiger partial charge in [-0.3, -0.25) is 0 Å². The molecule has 2 aliphatic rings. The van der Waals surface area contributed by atoms with Crippen molar-refractivity contribution in [2.45, 2.75) is 26.2 Å². The van der Waals surface area contributed by atoms with Crippen LogP contribution in [0.2, 0.25) is 0 Å². The SMILES string of the molecule is Cc1ccccc1NC(=O)N1CCC2(CCNC2)CC1. The Morgan fingerprint density at radius 2 is 2.00 bits per heavy atom. The number of nitrogens with zero attached hydrogens (tertiary/aromatic N) is 1. The number of amides is 2. The number of para-hydroxylation sites is 1. The van der Waals surface area contributed by atoms with Crippen LogP contribution in [0.4, 0.5) is 10.5 Å². The molecule has 0 unspecified atom stereocenters. The zero-order chi connectivity index (χ0) is 14.0. The lowest BCUT2D eigenvalue weighted by Gasteiger charge is -2.38. The summed E-state index contributed by atoms with van der Waals surface area (Å²) in [6, 6.07) is 7.96. The highest BCUT2D eigenvalue weighted by Crippen LogP contribution is 2.37. The lowest BCUT2D eigenvalue weighted by atomic mass is 9.78. The van der Waals surface area contributed by atoms with Gasteiger partial charge in [0.05, 0.1) is 0 Å². The van der Waals surface area contributed by atoms with Gasteiger partial charge in [-0.25, -0.2) is 4.79 Å². The summed E-state index contributed by atoms with van der Waals surface area (Å²) >= 11 is 0. The first kappa shape index (κ1) is 13.4. The van der Waals surface area contributed by atoms with Crippen LogP contribution in [-0.4, -0.2) is 37.1 Å². The predicted octanol–water partition coefficient (Wildman–Crippen LogP) is 2.60. The molecule has 0 radical (unpaired) electrons. The highest BCUT2D eigenvalue weighted by molar-refractivity contribution is 5.90. The Morgan fingerprint density at radius 3 is 2.65 bits per heavy atom. The molecule has 0 bridgehead atoms. The molecule has 2 saturated heterocycles. The van der Waals surface area contributed by atoms with Crippen molar-refractivity contribution < 1.29 is 4.79 Å². The lowest BCUT2D eigenvalue weighted by molar-refractivity contribution is 0.137. The maximum atomic E-state index is 12.3. The predicted molar refractivity (Wildman–Crippen MR) is 80.9 cm³/mol. The third-order valence-corrected chi connectivity index (χ3v) is 4.83. The van der Waals surface area contributed by atoms with Crippen molar-refractivity contribution in [3.8, 4) is 0 Å². The van der Waals surface area contributed by atoms with Crippen LogP contribution in [0.25, 0.3) is 0 Å². The van der Waals surface area contributed by atoms with E-state index in [9.17, 15) is 4.79 Å². The molecular formula is C16H23N3O. The van der Waals surface area contributed by atoms with Crippen molar-refractivity contribution >= 4 is 11.7 Å². The minimum Gasteiger partial charge on any atom is -0.324 e. The molecule has 0 atom stereocenters. The van der Waals surface area contributed by atoms with E-state index < -0.39 is 0 Å². The van der Waals surface area contributed by atoms with Crippen LogP contribution in [0, 0.1) is 12.3 Å². The van der Waals surface area contributed by atoms with Gasteiger partial charge in [0.1, 0.15) is 0 Å². The van der Waals surface area contributed by atoms with Crippen LogP contribution in [0.1, 0.15) is 24.8 Å². The molecule has 4 nitrogen and oxygen atoms in total. The Labute approximate surface area is 120 Å². The van der Waals surface area contributed by atoms with Gasteiger partial charge >= 0.3 is 6.03 Å². The van der Waals surface area contributed by atoms with Crippen LogP contribution in [0.3, 0.4) is 0 Å². The largest absolute Gasteiger partial charge is 0.324 e. The molecule has 0 aliphatic carbocycles. The summed E-state index contributed by atoms with van der Waals surface area (Å²) < 4.78 is 0. The van der Waals surface area contributed by atoms with Crippen molar-refractivity contribution in [2.24, 2.45) is 5.41 Å². The fourth-order valence-corrected chi connectivity index (χ4v) is 3.31. The average molecular weight is 273 g/mol. The number of carbonyl (C=O) groups is 1. The number of likely N-dealkylation sites (tertiary alicyclic amines) is 1. The van der Waals surface area contributed by atoms with Gasteiger partial charge < -0.3 is 15.5 Å². The number of anilines is 1. The second kappa shape index (κ2) is 5.44. The molecule has 2 fully saturated rings. The van der Waals surface area contributed by atoms with E-state index >= 15 is 0 Å². The Kier molecular flexibility index (Phi) is 3.66. The minimum atomic E-state index is 0.0418. The summed E-state index contributed by atoms with van der Waals surface area (Å²) in [5.41, 5.74) is 2.48. The molecule has 1 spiro atoms. The second-order valence-electron chi connectivity index (χ2n) is 6.16. The highest BCUT2D eigenvalue weighted by Gasteiger charge is 2.38. The molecule has 20 heavy (non-hydrogen) atoms. The number of hydrogen-bond acceptors (Lipinski definition) is 2. The molecule has 3 rings (SSSR count). The topological polar surface area (TPSA) is 44.4 Å². The van der Waals surface area contributed by atoms with Gasteiger partial charge in [-0.2, -0.15) is 0 Å². The monoisotopic (exact) mass is 273 g/mol. The minimum absolute atomic E-state index is 0.0418. The van der Waals surface area contributed by atoms with E-state index in [2.05, 4.69) is 10.6 Å². The van der Waals surface area contributed by atoms with E-state index in [0.717, 1.165) is 50.3 Å². The summed E-state index contributed by atoms with van der Waals surface area (Å²) in [4.78, 5) is 14.3. The molecule has 2 N–H and O–H groups in total. The van der Waals surface area contributed by atoms with Crippen LogP contribution in [0.5, 0.6) is 0 Å². The van der Waals surface area contributed by atoms with Crippen LogP contribution in [0.15, 0.2) is 24.3 Å². The van der Waals surface area contributed by atoms with Crippen molar-refractivity contribution in [3.05, 3.63) is 29.8 Å². The number of aryl methyl sites for hydroxylation is 1. The number of piperidine rings is 1. The summed E-state index contributed by atoms with van der Waals surface area (Å²) in [5, 5.41) is 6.49. The standard InChI is InChI=1S/C16H23N3O/c1-13-4-2-3-5-14(13)18-15(20)19-10-7-16(8-11-19)6-9-17-12-16/h2-5,17H,6-12H2,1H3,(H,18,20). The maximum Gasteiger partial charge on any atom is 0.321 e. The first-order chi connectivity index (χ1) is 9.69. The molecule has 2 heterocycles. The second-order valence-corrected chi connectivity index (χ2v) is 6.16. The van der Waals surface area contributed by atoms with Gasteiger partial charge in [0.15, 0.2) is 0 Å². The summed E-state index contributed by atoms with van der Waals surface area (Å²) in [6.45, 7) is 6.03. The summed E-state index contributed by atoms with van der Waals surface area (Å²) in [6.07, 6.45) is 3.52. The molecule has 4 heteroatoms. The van der Waals surface area contributed by atoms with Crippen LogP contribution < -0.4 is 10.6 Å². The lowest BCUT2D eigenvalue weighted by Crippen LogP contribution is -2.45. The Hall–Kier alpha value is -1.55. The van der Waals surface area contributed by atoms with Gasteiger partial charge in [0, 0.05) is 25.3 Å². The van der Waals surface area contributed by atoms with Gasteiger partial charge in [-0.05, 0) is 49.8 Å². The molecule has 2 amide bonds. The van der Waals surface area contributed by atoms with Crippen molar-refractivity contribution in [2.75, 3.05) is 31.5 Å². The number of benzene rings is 1. The number of carbonyl (C=O) groups excluding carboxylic acids is 1. The zero-order valence-corrected chi connectivity index (χ0v) is 12.1. The highest BCUT2D eigenvalue weighted by atomic mass is 16.2. The fourth-order valence-electron chi connectivity index (χ4n) is 3.31. The third kappa shape index (κ3) is 2.66. The quantitative estimate of drug-likeness (QED) is 0.826. The summed E-state index contributed by atoms with van der Waals surface area (Å²) in [7, 11) is 0. The number of hydrogen-bond donors (Lipinski definition) is 2. The van der Waals surface area contributed by atoms with E-state index in [4.69, 9.17) is 0 Å². The van der Waals surface area contributed by atoms with E-state index in [0.29, 0.717) is 5.41 Å². The number of rotatable bonds is 1. The molecule has 1 aromatic rings. The smallest absolute Gasteiger partial charge is 0.321 e. The molecule has 1 aromatic carbocycles. The van der Waals surface area contributed by atoms with Gasteiger partial charge in [-0.15, -0.1) is 0 Å². The first-order valence-corrected chi connectivity index (χ1v) is 7.51. The number of urea groups is 1. The van der Waals surface area contributed by atoms with Gasteiger partial charge in [0.2, 0.25) is 0 Å². The Morgan fingerprint density at radius 1 is 1.25 bits per heavy atom.